The van der Waals surface area contributed by atoms with Crippen molar-refractivity contribution in [3.63, 3.8) is 0 Å². The maximum Gasteiger partial charge on any atom is 0.297 e. The van der Waals surface area contributed by atoms with E-state index in [1.54, 1.807) is 36.4 Å². The molecule has 1 aliphatic rings. The molecule has 3 heterocycles. The Kier molecular flexibility index (Phi) is 4.33. The molecule has 5 rings (SSSR count). The van der Waals surface area contributed by atoms with E-state index >= 15 is 0 Å². The van der Waals surface area contributed by atoms with Gasteiger partial charge in [-0.15, -0.1) is 10.2 Å². The van der Waals surface area contributed by atoms with E-state index in [-0.39, 0.29) is 28.3 Å². The average molecular weight is 486 g/mol. The van der Waals surface area contributed by atoms with Crippen molar-refractivity contribution < 1.29 is 19.1 Å². The highest BCUT2D eigenvalue weighted by Gasteiger charge is 2.45. The van der Waals surface area contributed by atoms with E-state index < -0.39 is 11.9 Å². The number of nitrogens with zero attached hydrogens (tertiary/aromatic N) is 3. The van der Waals surface area contributed by atoms with Gasteiger partial charge in [-0.05, 0) is 45.8 Å². The lowest BCUT2D eigenvalue weighted by atomic mass is 9.98. The maximum absolute atomic E-state index is 13.4. The van der Waals surface area contributed by atoms with Gasteiger partial charge in [-0.1, -0.05) is 23.5 Å². The number of amides is 1. The number of ether oxygens (including phenoxy) is 1. The van der Waals surface area contributed by atoms with Gasteiger partial charge in [0, 0.05) is 0 Å². The lowest BCUT2D eigenvalue weighted by Crippen LogP contribution is -2.29. The second-order valence-electron chi connectivity index (χ2n) is 6.52. The number of aromatic hydroxyl groups is 1. The monoisotopic (exact) mass is 485 g/mol. The number of carbonyl (C=O) groups excluding carboxylic acids is 1. The summed E-state index contributed by atoms with van der Waals surface area (Å²) in [7, 11) is 1.42. The van der Waals surface area contributed by atoms with Gasteiger partial charge >= 0.3 is 0 Å². The molecule has 1 atom stereocenters. The Labute approximate surface area is 181 Å². The quantitative estimate of drug-likeness (QED) is 0.469. The molecule has 1 N–H and O–H groups in total. The Balaban J connectivity index is 1.84. The van der Waals surface area contributed by atoms with Gasteiger partial charge in [0.15, 0.2) is 16.9 Å². The highest BCUT2D eigenvalue weighted by Crippen LogP contribution is 2.45. The van der Waals surface area contributed by atoms with Crippen LogP contribution in [0.5, 0.6) is 11.5 Å². The number of carbonyl (C=O) groups is 1. The summed E-state index contributed by atoms with van der Waals surface area (Å²) in [5, 5.41) is 18.8. The fraction of sp³-hybridized carbons (Fsp3) is 0.100. The van der Waals surface area contributed by atoms with Gasteiger partial charge in [0.1, 0.15) is 11.1 Å². The van der Waals surface area contributed by atoms with Crippen LogP contribution in [0, 0.1) is 0 Å². The number of methoxy groups -OCH3 is 1. The molecule has 0 saturated carbocycles. The van der Waals surface area contributed by atoms with Crippen LogP contribution in [0.4, 0.5) is 5.13 Å². The number of para-hydroxylation sites is 1. The van der Waals surface area contributed by atoms with Gasteiger partial charge in [0.25, 0.3) is 5.91 Å². The first-order valence-electron chi connectivity index (χ1n) is 8.73. The maximum atomic E-state index is 13.4. The molecule has 0 saturated heterocycles. The molecule has 10 heteroatoms. The lowest BCUT2D eigenvalue weighted by molar-refractivity contribution is 0.0970. The van der Waals surface area contributed by atoms with Crippen LogP contribution >= 0.6 is 27.3 Å². The van der Waals surface area contributed by atoms with Gasteiger partial charge in [-0.25, -0.2) is 0 Å². The Hall–Kier alpha value is -3.24. The van der Waals surface area contributed by atoms with Crippen LogP contribution in [0.3, 0.4) is 0 Å². The lowest BCUT2D eigenvalue weighted by Gasteiger charge is -2.23. The number of phenolic OH excluding ortho intramolecular Hbond substituents is 1. The van der Waals surface area contributed by atoms with E-state index in [2.05, 4.69) is 26.1 Å². The van der Waals surface area contributed by atoms with Gasteiger partial charge in [0.2, 0.25) is 10.9 Å². The van der Waals surface area contributed by atoms with Gasteiger partial charge in [0.05, 0.1) is 28.6 Å². The summed E-state index contributed by atoms with van der Waals surface area (Å²) >= 11 is 4.47. The molecule has 0 bridgehead atoms. The first-order valence-corrected chi connectivity index (χ1v) is 10.4. The predicted molar refractivity (Wildman–Crippen MR) is 113 cm³/mol. The summed E-state index contributed by atoms with van der Waals surface area (Å²) in [5.41, 5.74) is 2.27. The number of anilines is 1. The molecule has 2 aromatic heterocycles. The number of aromatic nitrogens is 2. The Morgan fingerprint density at radius 3 is 2.80 bits per heavy atom. The number of fused-ring (bicyclic) bond motifs is 2. The Bertz CT molecular complexity index is 1370. The molecular formula is C20H12BrN3O5S. The van der Waals surface area contributed by atoms with Crippen LogP contribution in [-0.2, 0) is 0 Å². The number of benzene rings is 2. The molecule has 150 valence electrons. The van der Waals surface area contributed by atoms with Crippen molar-refractivity contribution in [2.45, 2.75) is 6.04 Å². The molecule has 0 aliphatic carbocycles. The van der Waals surface area contributed by atoms with Crippen LogP contribution in [0.15, 0.2) is 55.6 Å². The first-order chi connectivity index (χ1) is 14.5. The third-order valence-electron chi connectivity index (χ3n) is 4.92. The summed E-state index contributed by atoms with van der Waals surface area (Å²) < 4.78 is 11.5. The molecule has 0 radical (unpaired) electrons. The van der Waals surface area contributed by atoms with Crippen molar-refractivity contribution in [3.05, 3.63) is 73.5 Å². The molecule has 4 aromatic rings. The van der Waals surface area contributed by atoms with E-state index in [0.29, 0.717) is 26.1 Å². The van der Waals surface area contributed by atoms with Crippen molar-refractivity contribution in [2.24, 2.45) is 0 Å². The molecule has 1 amide bonds. The third kappa shape index (κ3) is 2.64. The Morgan fingerprint density at radius 2 is 2.07 bits per heavy atom. The largest absolute Gasteiger partial charge is 0.503 e. The van der Waals surface area contributed by atoms with Crippen LogP contribution in [0.1, 0.15) is 27.7 Å². The van der Waals surface area contributed by atoms with Crippen LogP contribution < -0.4 is 15.1 Å². The fourth-order valence-electron chi connectivity index (χ4n) is 3.61. The smallest absolute Gasteiger partial charge is 0.297 e. The van der Waals surface area contributed by atoms with E-state index in [0.717, 1.165) is 0 Å². The Morgan fingerprint density at radius 1 is 1.27 bits per heavy atom. The van der Waals surface area contributed by atoms with Crippen molar-refractivity contribution in [2.75, 3.05) is 12.0 Å². The second-order valence-corrected chi connectivity index (χ2v) is 8.19. The zero-order chi connectivity index (χ0) is 21.0. The number of rotatable bonds is 3. The van der Waals surface area contributed by atoms with E-state index in [1.165, 1.54) is 28.9 Å². The highest BCUT2D eigenvalue weighted by atomic mass is 79.9. The minimum Gasteiger partial charge on any atom is -0.503 e. The van der Waals surface area contributed by atoms with Crippen molar-refractivity contribution in [1.29, 1.82) is 0 Å². The second kappa shape index (κ2) is 6.92. The zero-order valence-electron chi connectivity index (χ0n) is 15.3. The fourth-order valence-corrected chi connectivity index (χ4v) is 4.66. The van der Waals surface area contributed by atoms with E-state index in [1.807, 2.05) is 0 Å². The predicted octanol–water partition coefficient (Wildman–Crippen LogP) is 3.87. The zero-order valence-corrected chi connectivity index (χ0v) is 17.7. The highest BCUT2D eigenvalue weighted by molar-refractivity contribution is 9.10. The number of hydrogen-bond acceptors (Lipinski definition) is 8. The molecule has 0 fully saturated rings. The van der Waals surface area contributed by atoms with Crippen LogP contribution in [-0.4, -0.2) is 28.3 Å². The molecular weight excluding hydrogens is 474 g/mol. The molecule has 1 aliphatic heterocycles. The summed E-state index contributed by atoms with van der Waals surface area (Å²) in [6.07, 6.45) is 0. The van der Waals surface area contributed by atoms with Crippen LogP contribution in [0.25, 0.3) is 11.0 Å². The SMILES string of the molecule is COc1cc(C2c3c(oc4ccccc4c3=O)C(=O)N2c2nncs2)cc(Br)c1O. The molecule has 0 spiro atoms. The average Bonchev–Trinajstić information content (AvgIpc) is 3.37. The van der Waals surface area contributed by atoms with E-state index in [9.17, 15) is 14.7 Å². The summed E-state index contributed by atoms with van der Waals surface area (Å²) in [6.45, 7) is 0. The molecule has 30 heavy (non-hydrogen) atoms. The normalized spacial score (nSPS) is 15.6. The standard InChI is InChI=1S/C20H12BrN3O5S/c1-28-13-7-9(6-11(21)17(13)26)15-14-16(25)10-4-2-3-5-12(10)29-18(14)19(27)24(15)20-23-22-8-30-20/h2-8,15,26H,1H3. The number of hydrogen-bond donors (Lipinski definition) is 1. The number of halogens is 1. The minimum absolute atomic E-state index is 0.0398. The van der Waals surface area contributed by atoms with Crippen molar-refractivity contribution in [3.8, 4) is 11.5 Å². The van der Waals surface area contributed by atoms with Gasteiger partial charge in [-0.3, -0.25) is 14.5 Å². The minimum atomic E-state index is -0.827. The van der Waals surface area contributed by atoms with Gasteiger partial charge in [-0.2, -0.15) is 0 Å². The molecule has 1 unspecified atom stereocenters. The number of phenols is 1. The topological polar surface area (TPSA) is 106 Å². The summed E-state index contributed by atoms with van der Waals surface area (Å²) in [4.78, 5) is 28.1. The van der Waals surface area contributed by atoms with Gasteiger partial charge < -0.3 is 14.3 Å². The molecule has 2 aromatic carbocycles. The first kappa shape index (κ1) is 18.8. The van der Waals surface area contributed by atoms with E-state index in [4.69, 9.17) is 9.15 Å². The summed E-state index contributed by atoms with van der Waals surface area (Å²) in [6, 6.07) is 9.16. The van der Waals surface area contributed by atoms with Crippen molar-refractivity contribution >= 4 is 49.3 Å². The van der Waals surface area contributed by atoms with Crippen LogP contribution in [0.2, 0.25) is 0 Å². The van der Waals surface area contributed by atoms with Crippen molar-refractivity contribution in [1.82, 2.24) is 10.2 Å². The molecule has 8 nitrogen and oxygen atoms in total. The third-order valence-corrected chi connectivity index (χ3v) is 6.21. The summed E-state index contributed by atoms with van der Waals surface area (Å²) in [5.74, 6) is -0.415.